The maximum Gasteiger partial charge on any atom is 0.333 e. The Labute approximate surface area is 132 Å². The van der Waals surface area contributed by atoms with Crippen molar-refractivity contribution in [3.8, 4) is 0 Å². The molecule has 0 saturated heterocycles. The van der Waals surface area contributed by atoms with Crippen LogP contribution >= 0.6 is 0 Å². The van der Waals surface area contributed by atoms with E-state index in [1.54, 1.807) is 13.8 Å². The first-order valence-corrected chi connectivity index (χ1v) is 7.97. The van der Waals surface area contributed by atoms with Crippen LogP contribution in [0, 0.1) is 10.8 Å². The molecule has 0 aromatic rings. The van der Waals surface area contributed by atoms with Crippen molar-refractivity contribution in [2.75, 3.05) is 13.2 Å². The molecule has 2 rings (SSSR count). The second-order valence-corrected chi connectivity index (χ2v) is 6.98. The maximum absolute atomic E-state index is 11.7. The van der Waals surface area contributed by atoms with E-state index in [1.807, 2.05) is 0 Å². The van der Waals surface area contributed by atoms with Crippen LogP contribution in [-0.2, 0) is 19.1 Å². The summed E-state index contributed by atoms with van der Waals surface area (Å²) in [5, 5.41) is 0. The van der Waals surface area contributed by atoms with Crippen molar-refractivity contribution in [3.63, 3.8) is 0 Å². The van der Waals surface area contributed by atoms with E-state index in [0.717, 1.165) is 38.5 Å². The molecule has 0 amide bonds. The van der Waals surface area contributed by atoms with Crippen LogP contribution in [0.1, 0.15) is 52.4 Å². The van der Waals surface area contributed by atoms with Gasteiger partial charge in [-0.1, -0.05) is 26.0 Å². The minimum absolute atomic E-state index is 0.0360. The number of carbonyl (C=O) groups is 2. The Morgan fingerprint density at radius 3 is 1.32 bits per heavy atom. The van der Waals surface area contributed by atoms with E-state index in [0.29, 0.717) is 24.4 Å². The molecule has 0 heterocycles. The van der Waals surface area contributed by atoms with Crippen molar-refractivity contribution in [2.45, 2.75) is 52.4 Å². The molecule has 0 aliphatic heterocycles. The van der Waals surface area contributed by atoms with Gasteiger partial charge in [-0.25, -0.2) is 9.59 Å². The van der Waals surface area contributed by atoms with E-state index in [9.17, 15) is 9.59 Å². The van der Waals surface area contributed by atoms with Crippen LogP contribution in [-0.4, -0.2) is 25.2 Å². The number of carbonyl (C=O) groups excluding carboxylic acids is 2. The van der Waals surface area contributed by atoms with Gasteiger partial charge in [0.2, 0.25) is 0 Å². The van der Waals surface area contributed by atoms with Gasteiger partial charge in [0, 0.05) is 22.0 Å². The summed E-state index contributed by atoms with van der Waals surface area (Å²) in [5.74, 6) is -0.667. The summed E-state index contributed by atoms with van der Waals surface area (Å²) in [6, 6.07) is 0. The van der Waals surface area contributed by atoms with Crippen molar-refractivity contribution in [3.05, 3.63) is 24.3 Å². The van der Waals surface area contributed by atoms with Crippen molar-refractivity contribution >= 4 is 11.9 Å². The molecule has 0 bridgehead atoms. The van der Waals surface area contributed by atoms with Crippen LogP contribution < -0.4 is 0 Å². The summed E-state index contributed by atoms with van der Waals surface area (Å²) in [6.07, 6.45) is 6.39. The SMILES string of the molecule is C=C(C)C(=O)OCC1(C2(COC(=O)C(=C)C)CCC2)CCC1. The van der Waals surface area contributed by atoms with Gasteiger partial charge in [0.15, 0.2) is 0 Å². The molecule has 122 valence electrons. The van der Waals surface area contributed by atoms with Gasteiger partial charge in [-0.15, -0.1) is 0 Å². The molecular weight excluding hydrogens is 280 g/mol. The highest BCUT2D eigenvalue weighted by Gasteiger charge is 2.58. The van der Waals surface area contributed by atoms with E-state index >= 15 is 0 Å². The molecule has 0 aromatic carbocycles. The molecule has 0 atom stereocenters. The van der Waals surface area contributed by atoms with E-state index in [1.165, 1.54) is 0 Å². The Kier molecular flexibility index (Phi) is 4.78. The molecule has 0 spiro atoms. The van der Waals surface area contributed by atoms with Crippen LogP contribution in [0.2, 0.25) is 0 Å². The maximum atomic E-state index is 11.7. The van der Waals surface area contributed by atoms with Gasteiger partial charge in [-0.2, -0.15) is 0 Å². The first-order chi connectivity index (χ1) is 10.3. The first kappa shape index (κ1) is 16.8. The number of esters is 2. The quantitative estimate of drug-likeness (QED) is 0.533. The van der Waals surface area contributed by atoms with Crippen LogP contribution in [0.15, 0.2) is 24.3 Å². The number of ether oxygens (including phenoxy) is 2. The van der Waals surface area contributed by atoms with Gasteiger partial charge in [0.25, 0.3) is 0 Å². The summed E-state index contributed by atoms with van der Waals surface area (Å²) in [6.45, 7) is 11.4. The molecule has 0 aromatic heterocycles. The summed E-state index contributed by atoms with van der Waals surface area (Å²) < 4.78 is 10.9. The fourth-order valence-electron chi connectivity index (χ4n) is 3.52. The zero-order valence-corrected chi connectivity index (χ0v) is 13.7. The van der Waals surface area contributed by atoms with Gasteiger partial charge in [0.1, 0.15) is 0 Å². The number of rotatable bonds is 7. The van der Waals surface area contributed by atoms with Crippen LogP contribution in [0.4, 0.5) is 0 Å². The van der Waals surface area contributed by atoms with Gasteiger partial charge in [0.05, 0.1) is 13.2 Å². The molecule has 4 nitrogen and oxygen atoms in total. The molecule has 22 heavy (non-hydrogen) atoms. The number of hydrogen-bond acceptors (Lipinski definition) is 4. The van der Waals surface area contributed by atoms with E-state index < -0.39 is 0 Å². The average molecular weight is 306 g/mol. The van der Waals surface area contributed by atoms with Gasteiger partial charge >= 0.3 is 11.9 Å². The van der Waals surface area contributed by atoms with Crippen LogP contribution in [0.3, 0.4) is 0 Å². The molecular formula is C18H26O4. The Morgan fingerprint density at radius 1 is 0.818 bits per heavy atom. The summed E-state index contributed by atoms with van der Waals surface area (Å²) in [4.78, 5) is 23.4. The largest absolute Gasteiger partial charge is 0.462 e. The average Bonchev–Trinajstić information content (AvgIpc) is 2.37. The first-order valence-electron chi connectivity index (χ1n) is 7.97. The lowest BCUT2D eigenvalue weighted by molar-refractivity contribution is -0.184. The third-order valence-electron chi connectivity index (χ3n) is 5.40. The predicted octanol–water partition coefficient (Wildman–Crippen LogP) is 3.57. The third-order valence-corrected chi connectivity index (χ3v) is 5.40. The summed E-state index contributed by atoms with van der Waals surface area (Å²) in [5.41, 5.74) is 0.772. The van der Waals surface area contributed by atoms with Crippen LogP contribution in [0.5, 0.6) is 0 Å². The predicted molar refractivity (Wildman–Crippen MR) is 84.1 cm³/mol. The Morgan fingerprint density at radius 2 is 1.14 bits per heavy atom. The molecule has 0 unspecified atom stereocenters. The Hall–Kier alpha value is -1.58. The van der Waals surface area contributed by atoms with Gasteiger partial charge in [-0.05, 0) is 39.5 Å². The topological polar surface area (TPSA) is 52.6 Å². The fraction of sp³-hybridized carbons (Fsp3) is 0.667. The molecule has 2 fully saturated rings. The lowest BCUT2D eigenvalue weighted by Gasteiger charge is -2.59. The lowest BCUT2D eigenvalue weighted by Crippen LogP contribution is -2.56. The van der Waals surface area contributed by atoms with Crippen molar-refractivity contribution in [1.29, 1.82) is 0 Å². The molecule has 2 aliphatic carbocycles. The van der Waals surface area contributed by atoms with E-state index in [4.69, 9.17) is 9.47 Å². The molecule has 4 heteroatoms. The fourth-order valence-corrected chi connectivity index (χ4v) is 3.52. The molecule has 0 radical (unpaired) electrons. The van der Waals surface area contributed by atoms with Crippen molar-refractivity contribution < 1.29 is 19.1 Å². The van der Waals surface area contributed by atoms with Crippen molar-refractivity contribution in [1.82, 2.24) is 0 Å². The summed E-state index contributed by atoms with van der Waals surface area (Å²) >= 11 is 0. The standard InChI is InChI=1S/C18H26O4/c1-13(2)15(19)21-11-17(7-5-8-17)18(9-6-10-18)12-22-16(20)14(3)4/h1,3,5-12H2,2,4H3. The minimum Gasteiger partial charge on any atom is -0.462 e. The third kappa shape index (κ3) is 2.96. The second kappa shape index (κ2) is 6.27. The number of hydrogen-bond donors (Lipinski definition) is 0. The molecule has 0 N–H and O–H groups in total. The molecule has 2 saturated carbocycles. The highest BCUT2D eigenvalue weighted by atomic mass is 16.5. The Balaban J connectivity index is 2.02. The zero-order valence-electron chi connectivity index (χ0n) is 13.7. The highest BCUT2D eigenvalue weighted by Crippen LogP contribution is 2.63. The Bertz CT molecular complexity index is 449. The van der Waals surface area contributed by atoms with Gasteiger partial charge in [-0.3, -0.25) is 0 Å². The second-order valence-electron chi connectivity index (χ2n) is 6.98. The van der Waals surface area contributed by atoms with E-state index in [2.05, 4.69) is 13.2 Å². The highest BCUT2D eigenvalue weighted by molar-refractivity contribution is 5.87. The monoisotopic (exact) mass is 306 g/mol. The van der Waals surface area contributed by atoms with Gasteiger partial charge < -0.3 is 9.47 Å². The zero-order chi connectivity index (χ0) is 16.4. The smallest absolute Gasteiger partial charge is 0.333 e. The molecule has 2 aliphatic rings. The minimum atomic E-state index is -0.334. The summed E-state index contributed by atoms with van der Waals surface area (Å²) in [7, 11) is 0. The van der Waals surface area contributed by atoms with E-state index in [-0.39, 0.29) is 22.8 Å². The lowest BCUT2D eigenvalue weighted by atomic mass is 9.46. The normalized spacial score (nSPS) is 21.0. The van der Waals surface area contributed by atoms with Crippen molar-refractivity contribution in [2.24, 2.45) is 10.8 Å². The van der Waals surface area contributed by atoms with Crippen LogP contribution in [0.25, 0.3) is 0 Å².